The van der Waals surface area contributed by atoms with Gasteiger partial charge in [-0.3, -0.25) is 9.59 Å². The van der Waals surface area contributed by atoms with Gasteiger partial charge in [-0.2, -0.15) is 0 Å². The molecule has 5 atom stereocenters. The standard InChI is InChI=1S/C20H27NO4/c1-9(2)12-16(23)17(24)14-15-13-11(18(25)21-15)10(22)5-6-19(13,3)7-8-20(12,14)4/h9-10,12,16,22-23H,5-8H2,1-4H3,(H,21,25). The van der Waals surface area contributed by atoms with Crippen LogP contribution in [0.2, 0.25) is 0 Å². The Morgan fingerprint density at radius 2 is 1.76 bits per heavy atom. The number of carbonyl (C=O) groups is 2. The average Bonchev–Trinajstić information content (AvgIpc) is 2.93. The molecule has 5 heteroatoms. The maximum absolute atomic E-state index is 13.0. The highest BCUT2D eigenvalue weighted by atomic mass is 16.3. The lowest BCUT2D eigenvalue weighted by molar-refractivity contribution is -0.123. The van der Waals surface area contributed by atoms with E-state index < -0.39 is 17.6 Å². The quantitative estimate of drug-likeness (QED) is 0.677. The highest BCUT2D eigenvalue weighted by molar-refractivity contribution is 6.09. The van der Waals surface area contributed by atoms with Crippen molar-refractivity contribution < 1.29 is 19.8 Å². The Morgan fingerprint density at radius 1 is 1.08 bits per heavy atom. The van der Waals surface area contributed by atoms with Crippen molar-refractivity contribution in [3.05, 3.63) is 22.4 Å². The van der Waals surface area contributed by atoms with Crippen LogP contribution in [-0.4, -0.2) is 34.1 Å². The molecular weight excluding hydrogens is 318 g/mol. The van der Waals surface area contributed by atoms with Crippen molar-refractivity contribution in [1.29, 1.82) is 0 Å². The molecule has 0 saturated heterocycles. The van der Waals surface area contributed by atoms with E-state index in [1.807, 2.05) is 13.8 Å². The summed E-state index contributed by atoms with van der Waals surface area (Å²) in [6.45, 7) is 8.30. The summed E-state index contributed by atoms with van der Waals surface area (Å²) in [4.78, 5) is 25.6. The first-order chi connectivity index (χ1) is 11.6. The average molecular weight is 345 g/mol. The number of hydrogen-bond acceptors (Lipinski definition) is 4. The summed E-state index contributed by atoms with van der Waals surface area (Å²) >= 11 is 0. The van der Waals surface area contributed by atoms with Crippen molar-refractivity contribution in [3.8, 4) is 0 Å². The van der Waals surface area contributed by atoms with E-state index in [4.69, 9.17) is 0 Å². The number of allylic oxidation sites excluding steroid dienone is 1. The van der Waals surface area contributed by atoms with E-state index in [0.717, 1.165) is 24.8 Å². The minimum absolute atomic E-state index is 0.155. The van der Waals surface area contributed by atoms with Crippen LogP contribution in [0.25, 0.3) is 0 Å². The van der Waals surface area contributed by atoms with Crippen LogP contribution in [0.5, 0.6) is 0 Å². The molecule has 0 bridgehead atoms. The van der Waals surface area contributed by atoms with Gasteiger partial charge >= 0.3 is 0 Å². The fourth-order valence-electron chi connectivity index (χ4n) is 6.04. The number of Topliss-reactive ketones (excluding diaryl/α,β-unsaturated/α-hetero) is 1. The molecule has 3 aliphatic carbocycles. The monoisotopic (exact) mass is 345 g/mol. The topological polar surface area (TPSA) is 86.6 Å². The summed E-state index contributed by atoms with van der Waals surface area (Å²) in [5.41, 5.74) is 1.77. The van der Waals surface area contributed by atoms with Gasteiger partial charge < -0.3 is 15.5 Å². The Bertz CT molecular complexity index is 749. The van der Waals surface area contributed by atoms with Gasteiger partial charge in [0, 0.05) is 16.9 Å². The summed E-state index contributed by atoms with van der Waals surface area (Å²) in [6.07, 6.45) is 1.24. The van der Waals surface area contributed by atoms with Crippen molar-refractivity contribution in [3.63, 3.8) is 0 Å². The van der Waals surface area contributed by atoms with Gasteiger partial charge in [0.15, 0.2) is 5.78 Å². The molecule has 0 spiro atoms. The third-order valence-electron chi connectivity index (χ3n) is 7.24. The Hall–Kier alpha value is -1.46. The molecule has 1 fully saturated rings. The third-order valence-corrected chi connectivity index (χ3v) is 7.24. The van der Waals surface area contributed by atoms with Crippen molar-refractivity contribution in [2.75, 3.05) is 0 Å². The molecule has 25 heavy (non-hydrogen) atoms. The molecule has 4 aliphatic rings. The molecule has 0 aromatic heterocycles. The van der Waals surface area contributed by atoms with Gasteiger partial charge in [-0.05, 0) is 42.6 Å². The molecule has 1 heterocycles. The van der Waals surface area contributed by atoms with Crippen LogP contribution in [0, 0.1) is 22.7 Å². The van der Waals surface area contributed by atoms with E-state index in [-0.39, 0.29) is 28.9 Å². The van der Waals surface area contributed by atoms with Crippen LogP contribution in [0.4, 0.5) is 0 Å². The van der Waals surface area contributed by atoms with E-state index in [9.17, 15) is 19.8 Å². The number of amides is 1. The minimum Gasteiger partial charge on any atom is -0.388 e. The Morgan fingerprint density at radius 3 is 2.40 bits per heavy atom. The Balaban J connectivity index is 2.02. The number of aliphatic hydroxyl groups is 2. The lowest BCUT2D eigenvalue weighted by Gasteiger charge is -2.39. The number of rotatable bonds is 1. The molecule has 1 saturated carbocycles. The van der Waals surface area contributed by atoms with Gasteiger partial charge in [-0.15, -0.1) is 0 Å². The number of fused-ring (bicyclic) bond motifs is 1. The first-order valence-electron chi connectivity index (χ1n) is 9.33. The Labute approximate surface area is 148 Å². The second kappa shape index (κ2) is 5.04. The van der Waals surface area contributed by atoms with Gasteiger partial charge in [0.2, 0.25) is 0 Å². The van der Waals surface area contributed by atoms with E-state index in [1.165, 1.54) is 0 Å². The normalized spacial score (nSPS) is 43.4. The predicted octanol–water partition coefficient (Wildman–Crippen LogP) is 1.84. The van der Waals surface area contributed by atoms with Crippen LogP contribution in [0.3, 0.4) is 0 Å². The molecule has 0 aromatic carbocycles. The fourth-order valence-corrected chi connectivity index (χ4v) is 6.04. The van der Waals surface area contributed by atoms with Crippen LogP contribution in [0.1, 0.15) is 53.4 Å². The van der Waals surface area contributed by atoms with Crippen LogP contribution in [-0.2, 0) is 9.59 Å². The van der Waals surface area contributed by atoms with Gasteiger partial charge in [0.25, 0.3) is 5.91 Å². The first kappa shape index (κ1) is 17.0. The summed E-state index contributed by atoms with van der Waals surface area (Å²) < 4.78 is 0. The number of ketones is 1. The second-order valence-corrected chi connectivity index (χ2v) is 9.10. The minimum atomic E-state index is -1.02. The van der Waals surface area contributed by atoms with E-state index in [1.54, 1.807) is 0 Å². The first-order valence-corrected chi connectivity index (χ1v) is 9.33. The number of hydrogen-bond donors (Lipinski definition) is 3. The maximum atomic E-state index is 13.0. The van der Waals surface area contributed by atoms with E-state index >= 15 is 0 Å². The van der Waals surface area contributed by atoms with Crippen LogP contribution in [0.15, 0.2) is 22.4 Å². The smallest absolute Gasteiger partial charge is 0.254 e. The highest BCUT2D eigenvalue weighted by Gasteiger charge is 2.60. The molecule has 5 unspecified atom stereocenters. The fraction of sp³-hybridized carbons (Fsp3) is 0.700. The maximum Gasteiger partial charge on any atom is 0.254 e. The van der Waals surface area contributed by atoms with E-state index in [0.29, 0.717) is 23.3 Å². The largest absolute Gasteiger partial charge is 0.388 e. The summed E-state index contributed by atoms with van der Waals surface area (Å²) in [5, 5.41) is 24.0. The Kier molecular flexibility index (Phi) is 3.42. The number of aliphatic hydroxyl groups excluding tert-OH is 2. The summed E-state index contributed by atoms with van der Waals surface area (Å²) in [7, 11) is 0. The molecular formula is C20H27NO4. The molecule has 1 amide bonds. The zero-order valence-corrected chi connectivity index (χ0v) is 15.3. The van der Waals surface area contributed by atoms with E-state index in [2.05, 4.69) is 19.2 Å². The SMILES string of the molecule is CC(C)C1C(O)C(=O)C2=C3NC(=O)C4=C3C(C)(CCC4O)CCC21C. The zero-order valence-electron chi connectivity index (χ0n) is 15.3. The predicted molar refractivity (Wildman–Crippen MR) is 92.2 cm³/mol. The van der Waals surface area contributed by atoms with Gasteiger partial charge in [-0.1, -0.05) is 27.7 Å². The van der Waals surface area contributed by atoms with Crippen molar-refractivity contribution in [1.82, 2.24) is 5.32 Å². The summed E-state index contributed by atoms with van der Waals surface area (Å²) in [6, 6.07) is 0. The number of carbonyl (C=O) groups excluding carboxylic acids is 2. The van der Waals surface area contributed by atoms with Crippen LogP contribution < -0.4 is 5.32 Å². The molecule has 5 nitrogen and oxygen atoms in total. The molecule has 1 aliphatic heterocycles. The lowest BCUT2D eigenvalue weighted by Crippen LogP contribution is -2.35. The van der Waals surface area contributed by atoms with Crippen LogP contribution >= 0.6 is 0 Å². The van der Waals surface area contributed by atoms with Gasteiger partial charge in [0.1, 0.15) is 6.10 Å². The molecule has 3 N–H and O–H groups in total. The van der Waals surface area contributed by atoms with Gasteiger partial charge in [-0.25, -0.2) is 0 Å². The molecule has 136 valence electrons. The lowest BCUT2D eigenvalue weighted by atomic mass is 9.65. The van der Waals surface area contributed by atoms with Crippen molar-refractivity contribution >= 4 is 11.7 Å². The third kappa shape index (κ3) is 1.97. The van der Waals surface area contributed by atoms with Crippen molar-refractivity contribution in [2.24, 2.45) is 22.7 Å². The van der Waals surface area contributed by atoms with Gasteiger partial charge in [0.05, 0.1) is 17.4 Å². The highest BCUT2D eigenvalue weighted by Crippen LogP contribution is 2.61. The summed E-state index contributed by atoms with van der Waals surface area (Å²) in [5.74, 6) is -0.533. The second-order valence-electron chi connectivity index (χ2n) is 9.10. The zero-order chi connectivity index (χ0) is 18.3. The number of nitrogens with one attached hydrogen (secondary N) is 1. The van der Waals surface area contributed by atoms with Crippen molar-refractivity contribution in [2.45, 2.75) is 65.6 Å². The molecule has 0 radical (unpaired) electrons. The molecule has 4 rings (SSSR count). The molecule has 0 aromatic rings.